The van der Waals surface area contributed by atoms with Gasteiger partial charge in [0.2, 0.25) is 5.16 Å². The molecule has 1 aromatic carbocycles. The second-order valence-corrected chi connectivity index (χ2v) is 7.31. The minimum Gasteiger partial charge on any atom is -0.333 e. The third-order valence-electron chi connectivity index (χ3n) is 3.71. The van der Waals surface area contributed by atoms with Gasteiger partial charge in [0, 0.05) is 0 Å². The van der Waals surface area contributed by atoms with Crippen LogP contribution >= 0.6 is 23.1 Å². The SMILES string of the molecule is Cc1ccc(-n2nnnc2SCc2noc(-c3cccs3)n2)cc1C. The maximum atomic E-state index is 5.30. The molecule has 0 radical (unpaired) electrons. The first-order valence-electron chi connectivity index (χ1n) is 7.56. The Kier molecular flexibility index (Phi) is 4.33. The second-order valence-electron chi connectivity index (χ2n) is 5.42. The number of tetrazole rings is 1. The van der Waals surface area contributed by atoms with Crippen LogP contribution in [-0.4, -0.2) is 30.3 Å². The van der Waals surface area contributed by atoms with Crippen molar-refractivity contribution in [1.29, 1.82) is 0 Å². The zero-order valence-electron chi connectivity index (χ0n) is 13.6. The summed E-state index contributed by atoms with van der Waals surface area (Å²) in [5.41, 5.74) is 3.37. The molecule has 3 aromatic heterocycles. The van der Waals surface area contributed by atoms with Gasteiger partial charge in [0.25, 0.3) is 5.89 Å². The molecule has 0 aliphatic heterocycles. The Balaban J connectivity index is 1.51. The van der Waals surface area contributed by atoms with Gasteiger partial charge in [-0.2, -0.15) is 9.67 Å². The standard InChI is InChI=1S/C16H14N6OS2/c1-10-5-6-12(8-11(10)2)22-16(18-20-21-22)25-9-14-17-15(23-19-14)13-4-3-7-24-13/h3-8H,9H2,1-2H3. The van der Waals surface area contributed by atoms with Gasteiger partial charge >= 0.3 is 0 Å². The lowest BCUT2D eigenvalue weighted by Gasteiger charge is -2.06. The van der Waals surface area contributed by atoms with E-state index in [4.69, 9.17) is 4.52 Å². The molecule has 3 heterocycles. The van der Waals surface area contributed by atoms with Crippen LogP contribution in [-0.2, 0) is 5.75 Å². The molecule has 0 aliphatic rings. The van der Waals surface area contributed by atoms with Crippen molar-refractivity contribution in [3.63, 3.8) is 0 Å². The summed E-state index contributed by atoms with van der Waals surface area (Å²) >= 11 is 3.04. The third kappa shape index (κ3) is 3.33. The molecular formula is C16H14N6OS2. The van der Waals surface area contributed by atoms with E-state index in [1.54, 1.807) is 16.0 Å². The average molecular weight is 370 g/mol. The highest BCUT2D eigenvalue weighted by Gasteiger charge is 2.14. The maximum absolute atomic E-state index is 5.30. The highest BCUT2D eigenvalue weighted by Crippen LogP contribution is 2.26. The van der Waals surface area contributed by atoms with E-state index < -0.39 is 0 Å². The van der Waals surface area contributed by atoms with Crippen LogP contribution in [0.3, 0.4) is 0 Å². The molecule has 0 saturated heterocycles. The number of thiophene rings is 1. The Morgan fingerprint density at radius 3 is 2.92 bits per heavy atom. The second kappa shape index (κ2) is 6.77. The van der Waals surface area contributed by atoms with E-state index >= 15 is 0 Å². The van der Waals surface area contributed by atoms with E-state index in [0.717, 1.165) is 10.6 Å². The van der Waals surface area contributed by atoms with Crippen LogP contribution in [0.5, 0.6) is 0 Å². The Morgan fingerprint density at radius 1 is 1.20 bits per heavy atom. The van der Waals surface area contributed by atoms with E-state index in [-0.39, 0.29) is 0 Å². The molecule has 0 atom stereocenters. The van der Waals surface area contributed by atoms with Gasteiger partial charge in [0.1, 0.15) is 0 Å². The van der Waals surface area contributed by atoms with Gasteiger partial charge in [-0.1, -0.05) is 29.1 Å². The molecule has 4 rings (SSSR count). The van der Waals surface area contributed by atoms with Crippen molar-refractivity contribution < 1.29 is 4.52 Å². The van der Waals surface area contributed by atoms with Crippen molar-refractivity contribution in [1.82, 2.24) is 30.3 Å². The summed E-state index contributed by atoms with van der Waals surface area (Å²) in [6.07, 6.45) is 0. The van der Waals surface area contributed by atoms with E-state index in [2.05, 4.69) is 51.6 Å². The number of hydrogen-bond donors (Lipinski definition) is 0. The van der Waals surface area contributed by atoms with Crippen LogP contribution < -0.4 is 0 Å². The van der Waals surface area contributed by atoms with Crippen molar-refractivity contribution in [2.75, 3.05) is 0 Å². The molecule has 4 aromatic rings. The fraction of sp³-hybridized carbons (Fsp3) is 0.188. The van der Waals surface area contributed by atoms with E-state index in [9.17, 15) is 0 Å². The van der Waals surface area contributed by atoms with Gasteiger partial charge in [0.15, 0.2) is 5.82 Å². The monoisotopic (exact) mass is 370 g/mol. The summed E-state index contributed by atoms with van der Waals surface area (Å²) in [4.78, 5) is 5.38. The molecular weight excluding hydrogens is 356 g/mol. The van der Waals surface area contributed by atoms with Gasteiger partial charge in [-0.3, -0.25) is 0 Å². The van der Waals surface area contributed by atoms with Crippen LogP contribution in [0.4, 0.5) is 0 Å². The molecule has 0 fully saturated rings. The summed E-state index contributed by atoms with van der Waals surface area (Å²) in [6, 6.07) is 10.0. The van der Waals surface area contributed by atoms with Crippen LogP contribution in [0.25, 0.3) is 16.5 Å². The number of aryl methyl sites for hydroxylation is 2. The van der Waals surface area contributed by atoms with Crippen molar-refractivity contribution in [2.45, 2.75) is 24.8 Å². The normalized spacial score (nSPS) is 11.1. The first-order chi connectivity index (χ1) is 12.2. The summed E-state index contributed by atoms with van der Waals surface area (Å²) in [6.45, 7) is 4.15. The summed E-state index contributed by atoms with van der Waals surface area (Å²) in [5, 5.41) is 18.7. The van der Waals surface area contributed by atoms with Gasteiger partial charge in [-0.05, 0) is 59.0 Å². The number of nitrogens with zero attached hydrogens (tertiary/aromatic N) is 6. The zero-order valence-corrected chi connectivity index (χ0v) is 15.2. The van der Waals surface area contributed by atoms with Gasteiger partial charge in [-0.25, -0.2) is 0 Å². The zero-order chi connectivity index (χ0) is 17.2. The predicted molar refractivity (Wildman–Crippen MR) is 95.8 cm³/mol. The molecule has 126 valence electrons. The van der Waals surface area contributed by atoms with E-state index in [1.807, 2.05) is 23.6 Å². The minimum atomic E-state index is 0.528. The molecule has 0 bridgehead atoms. The molecule has 0 amide bonds. The Labute approximate surface area is 152 Å². The van der Waals surface area contributed by atoms with Gasteiger partial charge in [0.05, 0.1) is 16.3 Å². The Hall–Kier alpha value is -2.52. The lowest BCUT2D eigenvalue weighted by molar-refractivity contribution is 0.426. The first-order valence-corrected chi connectivity index (χ1v) is 9.42. The van der Waals surface area contributed by atoms with Gasteiger partial charge < -0.3 is 4.52 Å². The molecule has 9 heteroatoms. The first kappa shape index (κ1) is 16.0. The van der Waals surface area contributed by atoms with E-state index in [1.165, 1.54) is 22.9 Å². The van der Waals surface area contributed by atoms with Crippen molar-refractivity contribution in [3.8, 4) is 16.5 Å². The lowest BCUT2D eigenvalue weighted by Crippen LogP contribution is -2.00. The Bertz CT molecular complexity index is 992. The third-order valence-corrected chi connectivity index (χ3v) is 5.48. The molecule has 25 heavy (non-hydrogen) atoms. The van der Waals surface area contributed by atoms with Gasteiger partial charge in [-0.15, -0.1) is 16.4 Å². The Morgan fingerprint density at radius 2 is 2.12 bits per heavy atom. The number of aromatic nitrogens is 6. The van der Waals surface area contributed by atoms with Crippen LogP contribution in [0.2, 0.25) is 0 Å². The highest BCUT2D eigenvalue weighted by atomic mass is 32.2. The fourth-order valence-corrected chi connectivity index (χ4v) is 3.61. The van der Waals surface area contributed by atoms with Crippen LogP contribution in [0.15, 0.2) is 45.4 Å². The number of rotatable bonds is 5. The quantitative estimate of drug-likeness (QED) is 0.496. The number of benzene rings is 1. The van der Waals surface area contributed by atoms with Crippen molar-refractivity contribution in [2.24, 2.45) is 0 Å². The number of thioether (sulfide) groups is 1. The number of hydrogen-bond acceptors (Lipinski definition) is 8. The molecule has 0 aliphatic carbocycles. The summed E-state index contributed by atoms with van der Waals surface area (Å²) < 4.78 is 7.02. The molecule has 0 saturated carbocycles. The van der Waals surface area contributed by atoms with Crippen molar-refractivity contribution in [3.05, 3.63) is 52.7 Å². The molecule has 0 unspecified atom stereocenters. The topological polar surface area (TPSA) is 82.5 Å². The van der Waals surface area contributed by atoms with Crippen LogP contribution in [0, 0.1) is 13.8 Å². The van der Waals surface area contributed by atoms with Crippen LogP contribution in [0.1, 0.15) is 17.0 Å². The molecule has 7 nitrogen and oxygen atoms in total. The molecule has 0 N–H and O–H groups in total. The summed E-state index contributed by atoms with van der Waals surface area (Å²) in [5.74, 6) is 1.68. The molecule has 0 spiro atoms. The minimum absolute atomic E-state index is 0.528. The maximum Gasteiger partial charge on any atom is 0.268 e. The predicted octanol–water partition coefficient (Wildman–Crippen LogP) is 3.68. The fourth-order valence-electron chi connectivity index (χ4n) is 2.23. The lowest BCUT2D eigenvalue weighted by atomic mass is 10.1. The largest absolute Gasteiger partial charge is 0.333 e. The summed E-state index contributed by atoms with van der Waals surface area (Å²) in [7, 11) is 0. The van der Waals surface area contributed by atoms with Crippen molar-refractivity contribution >= 4 is 23.1 Å². The van der Waals surface area contributed by atoms with E-state index in [0.29, 0.717) is 22.6 Å². The average Bonchev–Trinajstić information content (AvgIpc) is 3.36. The smallest absolute Gasteiger partial charge is 0.268 e. The highest BCUT2D eigenvalue weighted by molar-refractivity contribution is 7.98.